The van der Waals surface area contributed by atoms with Crippen molar-refractivity contribution in [2.45, 2.75) is 11.1 Å². The highest BCUT2D eigenvalue weighted by Crippen LogP contribution is 2.33. The van der Waals surface area contributed by atoms with Crippen molar-refractivity contribution in [2.75, 3.05) is 7.11 Å². The molecule has 0 aliphatic heterocycles. The molecule has 0 unspecified atom stereocenters. The van der Waals surface area contributed by atoms with Gasteiger partial charge in [0, 0.05) is 12.4 Å². The maximum Gasteiger partial charge on any atom is 0.417 e. The molecule has 0 saturated heterocycles. The molecular weight excluding hydrogens is 249 g/mol. The smallest absolute Gasteiger partial charge is 0.290 e. The highest BCUT2D eigenvalue weighted by Gasteiger charge is 2.37. The van der Waals surface area contributed by atoms with E-state index in [-0.39, 0.29) is 0 Å². The van der Waals surface area contributed by atoms with Crippen molar-refractivity contribution in [2.24, 2.45) is 0 Å². The Morgan fingerprint density at radius 3 is 2.56 bits per heavy atom. The number of nitrogens with one attached hydrogen (secondary N) is 1. The topological polar surface area (TPSA) is 68.3 Å². The Bertz CT molecular complexity index is 472. The summed E-state index contributed by atoms with van der Waals surface area (Å²) < 4.78 is 60.0. The first-order valence-electron chi connectivity index (χ1n) is 3.85. The van der Waals surface area contributed by atoms with Gasteiger partial charge in [-0.25, -0.2) is 8.42 Å². The van der Waals surface area contributed by atoms with E-state index in [9.17, 15) is 21.6 Å². The van der Waals surface area contributed by atoms with Crippen LogP contribution >= 0.6 is 0 Å². The van der Waals surface area contributed by atoms with E-state index in [0.717, 1.165) is 13.3 Å². The molecule has 1 heterocycles. The summed E-state index contributed by atoms with van der Waals surface area (Å²) >= 11 is 0. The molecule has 1 rings (SSSR count). The Morgan fingerprint density at radius 2 is 2.06 bits per heavy atom. The third-order valence-electron chi connectivity index (χ3n) is 1.57. The average Bonchev–Trinajstić information content (AvgIpc) is 2.16. The predicted molar refractivity (Wildman–Crippen MR) is 46.6 cm³/mol. The normalized spacial score (nSPS) is 12.8. The fourth-order valence-electron chi connectivity index (χ4n) is 0.983. The maximum atomic E-state index is 12.5. The zero-order valence-electron chi connectivity index (χ0n) is 7.95. The fourth-order valence-corrected chi connectivity index (χ4v) is 1.97. The molecule has 0 atom stereocenters. The summed E-state index contributed by atoms with van der Waals surface area (Å²) in [7, 11) is -3.41. The molecule has 0 amide bonds. The van der Waals surface area contributed by atoms with Crippen molar-refractivity contribution in [1.82, 2.24) is 9.87 Å². The molecule has 90 valence electrons. The predicted octanol–water partition coefficient (Wildman–Crippen LogP) is 0.940. The first-order valence-corrected chi connectivity index (χ1v) is 5.33. The van der Waals surface area contributed by atoms with Gasteiger partial charge in [-0.15, -0.1) is 0 Å². The lowest BCUT2D eigenvalue weighted by Gasteiger charge is -2.11. The molecule has 0 spiro atoms. The molecule has 0 radical (unpaired) electrons. The third-order valence-corrected chi connectivity index (χ3v) is 2.86. The lowest BCUT2D eigenvalue weighted by atomic mass is 10.3. The van der Waals surface area contributed by atoms with Gasteiger partial charge in [0.25, 0.3) is 10.0 Å². The first-order chi connectivity index (χ1) is 7.29. The summed E-state index contributed by atoms with van der Waals surface area (Å²) in [5.74, 6) is 0. The van der Waals surface area contributed by atoms with Crippen LogP contribution in [0.25, 0.3) is 0 Å². The number of hydrogen-bond donors (Lipinski definition) is 1. The summed E-state index contributed by atoms with van der Waals surface area (Å²) in [6, 6.07) is 0.574. The van der Waals surface area contributed by atoms with Gasteiger partial charge in [0.1, 0.15) is 4.90 Å². The van der Waals surface area contributed by atoms with Gasteiger partial charge in [0.05, 0.1) is 12.7 Å². The Morgan fingerprint density at radius 1 is 1.44 bits per heavy atom. The molecule has 1 N–H and O–H groups in total. The highest BCUT2D eigenvalue weighted by molar-refractivity contribution is 7.89. The average molecular weight is 256 g/mol. The molecule has 9 heteroatoms. The van der Waals surface area contributed by atoms with E-state index in [0.29, 0.717) is 12.3 Å². The molecule has 1 aromatic rings. The lowest BCUT2D eigenvalue weighted by molar-refractivity contribution is -0.140. The number of sulfonamides is 1. The van der Waals surface area contributed by atoms with Gasteiger partial charge >= 0.3 is 6.18 Å². The second-order valence-corrected chi connectivity index (χ2v) is 4.27. The quantitative estimate of drug-likeness (QED) is 0.817. The molecular formula is C7H7F3N2O3S. The van der Waals surface area contributed by atoms with E-state index in [1.807, 2.05) is 0 Å². The zero-order valence-corrected chi connectivity index (χ0v) is 8.76. The third kappa shape index (κ3) is 2.68. The Labute approximate surface area is 89.3 Å². The van der Waals surface area contributed by atoms with Crippen LogP contribution in [-0.4, -0.2) is 20.5 Å². The molecule has 0 bridgehead atoms. The minimum Gasteiger partial charge on any atom is -0.290 e. The molecule has 0 saturated carbocycles. The van der Waals surface area contributed by atoms with Crippen LogP contribution in [-0.2, 0) is 21.0 Å². The van der Waals surface area contributed by atoms with Crippen molar-refractivity contribution in [3.05, 3.63) is 24.0 Å². The van der Waals surface area contributed by atoms with E-state index < -0.39 is 26.7 Å². The van der Waals surface area contributed by atoms with Crippen molar-refractivity contribution in [3.63, 3.8) is 0 Å². The molecule has 1 aromatic heterocycles. The number of rotatable bonds is 3. The Kier molecular flexibility index (Phi) is 3.51. The number of alkyl halides is 3. The van der Waals surface area contributed by atoms with Crippen LogP contribution in [0.4, 0.5) is 13.2 Å². The minimum atomic E-state index is -4.78. The van der Waals surface area contributed by atoms with Crippen LogP contribution in [0.15, 0.2) is 23.4 Å². The lowest BCUT2D eigenvalue weighted by Crippen LogP contribution is -2.25. The Balaban J connectivity index is 3.35. The number of aromatic nitrogens is 1. The van der Waals surface area contributed by atoms with E-state index in [1.165, 1.54) is 4.89 Å². The highest BCUT2D eigenvalue weighted by atomic mass is 32.2. The number of nitrogens with zero attached hydrogens (tertiary/aromatic N) is 1. The summed E-state index contributed by atoms with van der Waals surface area (Å²) in [5.41, 5.74) is -1.30. The largest absolute Gasteiger partial charge is 0.417 e. The van der Waals surface area contributed by atoms with Gasteiger partial charge in [0.15, 0.2) is 0 Å². The Hall–Kier alpha value is -1.19. The minimum absolute atomic E-state index is 0.574. The maximum absolute atomic E-state index is 12.5. The molecule has 0 aliphatic carbocycles. The van der Waals surface area contributed by atoms with Crippen LogP contribution in [0, 0.1) is 0 Å². The molecule has 0 aromatic carbocycles. The second kappa shape index (κ2) is 4.36. The van der Waals surface area contributed by atoms with Crippen LogP contribution < -0.4 is 4.89 Å². The summed E-state index contributed by atoms with van der Waals surface area (Å²) in [5, 5.41) is 0. The fraction of sp³-hybridized carbons (Fsp3) is 0.286. The van der Waals surface area contributed by atoms with Gasteiger partial charge in [-0.2, -0.15) is 13.2 Å². The van der Waals surface area contributed by atoms with Crippen molar-refractivity contribution in [1.29, 1.82) is 0 Å². The van der Waals surface area contributed by atoms with Crippen LogP contribution in [0.3, 0.4) is 0 Å². The van der Waals surface area contributed by atoms with Gasteiger partial charge in [-0.3, -0.25) is 9.82 Å². The van der Waals surface area contributed by atoms with Crippen molar-refractivity contribution in [3.8, 4) is 0 Å². The van der Waals surface area contributed by atoms with Gasteiger partial charge in [-0.1, -0.05) is 4.89 Å². The number of halogens is 3. The van der Waals surface area contributed by atoms with Gasteiger partial charge in [-0.05, 0) is 6.07 Å². The monoisotopic (exact) mass is 256 g/mol. The van der Waals surface area contributed by atoms with E-state index >= 15 is 0 Å². The zero-order chi connectivity index (χ0) is 12.4. The molecule has 5 nitrogen and oxygen atoms in total. The molecule has 16 heavy (non-hydrogen) atoms. The summed E-state index contributed by atoms with van der Waals surface area (Å²) in [6.45, 7) is 0. The van der Waals surface area contributed by atoms with Crippen molar-refractivity contribution >= 4 is 10.0 Å². The molecule has 0 fully saturated rings. The summed E-state index contributed by atoms with van der Waals surface area (Å²) in [6.07, 6.45) is -3.32. The first kappa shape index (κ1) is 12.9. The standard InChI is InChI=1S/C7H7F3N2O3S/c1-15-12-16(13,14)6-4-11-3-2-5(6)7(8,9)10/h2-4,12H,1H3. The van der Waals surface area contributed by atoms with E-state index in [4.69, 9.17) is 0 Å². The van der Waals surface area contributed by atoms with Crippen molar-refractivity contribution < 1.29 is 26.4 Å². The van der Waals surface area contributed by atoms with E-state index in [1.54, 1.807) is 0 Å². The van der Waals surface area contributed by atoms with Crippen LogP contribution in [0.5, 0.6) is 0 Å². The van der Waals surface area contributed by atoms with Crippen LogP contribution in [0.1, 0.15) is 5.56 Å². The van der Waals surface area contributed by atoms with E-state index in [2.05, 4.69) is 9.82 Å². The van der Waals surface area contributed by atoms with Crippen LogP contribution in [0.2, 0.25) is 0 Å². The number of pyridine rings is 1. The molecule has 0 aliphatic rings. The SMILES string of the molecule is CONS(=O)(=O)c1cnccc1C(F)(F)F. The van der Waals surface area contributed by atoms with Gasteiger partial charge in [0.2, 0.25) is 0 Å². The summed E-state index contributed by atoms with van der Waals surface area (Å²) in [4.78, 5) is 7.93. The van der Waals surface area contributed by atoms with Gasteiger partial charge < -0.3 is 0 Å². The number of hydrogen-bond acceptors (Lipinski definition) is 4. The second-order valence-electron chi connectivity index (χ2n) is 2.66.